The number of carboxylic acids is 1. The van der Waals surface area contributed by atoms with E-state index in [2.05, 4.69) is 54.6 Å². The molecule has 0 unspecified atom stereocenters. The molecule has 1 saturated heterocycles. The molecule has 0 aliphatic carbocycles. The molecule has 2 atom stereocenters. The lowest BCUT2D eigenvalue weighted by Gasteiger charge is -2.37. The lowest BCUT2D eigenvalue weighted by molar-refractivity contribution is -0.151. The fraction of sp³-hybridized carbons (Fsp3) is 0.917. The minimum absolute atomic E-state index is 0.0662. The molecular weight excluding hydrogens is 456 g/mol. The van der Waals surface area contributed by atoms with E-state index >= 15 is 0 Å². The summed E-state index contributed by atoms with van der Waals surface area (Å²) in [6.45, 7) is 28.6. The molecule has 0 aromatic rings. The van der Waals surface area contributed by atoms with Gasteiger partial charge in [-0.15, -0.1) is 0 Å². The molecule has 0 amide bonds. The van der Waals surface area contributed by atoms with Crippen molar-refractivity contribution in [3.63, 3.8) is 0 Å². The zero-order chi connectivity index (χ0) is 26.7. The highest BCUT2D eigenvalue weighted by molar-refractivity contribution is 6.74. The first-order chi connectivity index (χ1) is 14.7. The Bertz CT molecular complexity index is 567. The van der Waals surface area contributed by atoms with Crippen molar-refractivity contribution in [3.8, 4) is 0 Å². The summed E-state index contributed by atoms with van der Waals surface area (Å²) in [7, 11) is -3.77. The highest BCUT2D eigenvalue weighted by atomic mass is 28.4. The van der Waals surface area contributed by atoms with Crippen molar-refractivity contribution in [3.05, 3.63) is 0 Å². The number of rotatable bonds is 7. The molecule has 0 aromatic heterocycles. The Morgan fingerprint density at radius 2 is 1.21 bits per heavy atom. The maximum absolute atomic E-state index is 11.4. The zero-order valence-corrected chi connectivity index (χ0v) is 25.6. The SMILES string of the molecule is C1CCOC1.CCOC(=O)[C@H](C)O[Si](C)(C)C(C)(C)C.C[C@H](O[Si](C)(C)C(C)(C)C)C(=O)O. The molecule has 198 valence electrons. The van der Waals surface area contributed by atoms with Crippen LogP contribution in [-0.2, 0) is 27.9 Å². The lowest BCUT2D eigenvalue weighted by atomic mass is 10.2. The van der Waals surface area contributed by atoms with Crippen LogP contribution in [0.4, 0.5) is 0 Å². The number of carbonyl (C=O) groups is 2. The van der Waals surface area contributed by atoms with Gasteiger partial charge in [0.05, 0.1) is 6.61 Å². The van der Waals surface area contributed by atoms with Crippen molar-refractivity contribution in [1.29, 1.82) is 0 Å². The van der Waals surface area contributed by atoms with Gasteiger partial charge in [0.1, 0.15) is 12.2 Å². The Morgan fingerprint density at radius 3 is 1.45 bits per heavy atom. The highest BCUT2D eigenvalue weighted by Crippen LogP contribution is 2.38. The van der Waals surface area contributed by atoms with Crippen LogP contribution in [0.25, 0.3) is 0 Å². The van der Waals surface area contributed by atoms with Gasteiger partial charge >= 0.3 is 11.9 Å². The molecule has 1 heterocycles. The summed E-state index contributed by atoms with van der Waals surface area (Å²) in [6.07, 6.45) is 1.41. The Morgan fingerprint density at radius 1 is 0.848 bits per heavy atom. The summed E-state index contributed by atoms with van der Waals surface area (Å²) in [5.41, 5.74) is 0. The van der Waals surface area contributed by atoms with Crippen LogP contribution in [-0.4, -0.2) is 65.7 Å². The minimum Gasteiger partial charge on any atom is -0.479 e. The standard InChI is InChI=1S/C11H24O3Si.C9H20O3Si.C4H8O/c1-8-13-10(12)9(2)14-15(6,7)11(3,4)5;1-7(8(10)11)12-13(5,6)9(2,3)4;1-2-4-5-3-1/h9H,8H2,1-7H3;7H,1-6H3,(H,10,11);1-4H2/t9-;7-;/m00./s1. The molecule has 0 radical (unpaired) electrons. The van der Waals surface area contributed by atoms with Gasteiger partial charge in [-0.3, -0.25) is 0 Å². The Kier molecular flexibility index (Phi) is 15.2. The second-order valence-corrected chi connectivity index (χ2v) is 21.0. The summed E-state index contributed by atoms with van der Waals surface area (Å²) in [6, 6.07) is 0. The molecule has 1 aliphatic rings. The van der Waals surface area contributed by atoms with Crippen LogP contribution in [0.15, 0.2) is 0 Å². The molecule has 1 N–H and O–H groups in total. The number of carbonyl (C=O) groups excluding carboxylic acids is 1. The number of esters is 1. The van der Waals surface area contributed by atoms with E-state index in [1.165, 1.54) is 12.8 Å². The Hall–Kier alpha value is -0.746. The predicted octanol–water partition coefficient (Wildman–Crippen LogP) is 6.24. The van der Waals surface area contributed by atoms with Crippen molar-refractivity contribution >= 4 is 28.6 Å². The third-order valence-electron chi connectivity index (χ3n) is 6.35. The van der Waals surface area contributed by atoms with Gasteiger partial charge in [0.2, 0.25) is 0 Å². The topological polar surface area (TPSA) is 91.3 Å². The van der Waals surface area contributed by atoms with Crippen LogP contribution in [0.3, 0.4) is 0 Å². The van der Waals surface area contributed by atoms with Crippen LogP contribution in [0.1, 0.15) is 75.2 Å². The van der Waals surface area contributed by atoms with Crippen LogP contribution in [0.2, 0.25) is 36.3 Å². The normalized spacial score (nSPS) is 16.5. The molecular formula is C24H52O7Si2. The fourth-order valence-corrected chi connectivity index (χ4v) is 4.78. The third-order valence-corrected chi connectivity index (χ3v) is 15.5. The smallest absolute Gasteiger partial charge is 0.333 e. The molecule has 1 rings (SSSR count). The van der Waals surface area contributed by atoms with E-state index in [-0.39, 0.29) is 16.0 Å². The molecule has 1 fully saturated rings. The van der Waals surface area contributed by atoms with Gasteiger partial charge in [0.15, 0.2) is 16.6 Å². The van der Waals surface area contributed by atoms with E-state index in [4.69, 9.17) is 23.4 Å². The summed E-state index contributed by atoms with van der Waals surface area (Å²) in [4.78, 5) is 22.0. The van der Waals surface area contributed by atoms with Crippen LogP contribution < -0.4 is 0 Å². The molecule has 0 saturated carbocycles. The van der Waals surface area contributed by atoms with Crippen molar-refractivity contribution in [2.24, 2.45) is 0 Å². The minimum atomic E-state index is -1.91. The van der Waals surface area contributed by atoms with Gasteiger partial charge in [-0.05, 0) is 69.9 Å². The van der Waals surface area contributed by atoms with Crippen molar-refractivity contribution in [2.75, 3.05) is 19.8 Å². The van der Waals surface area contributed by atoms with Gasteiger partial charge in [-0.25, -0.2) is 9.59 Å². The number of ether oxygens (including phenoxy) is 2. The Balaban J connectivity index is 0. The van der Waals surface area contributed by atoms with E-state index < -0.39 is 34.8 Å². The summed E-state index contributed by atoms with van der Waals surface area (Å²) < 4.78 is 21.3. The number of hydrogen-bond donors (Lipinski definition) is 1. The monoisotopic (exact) mass is 508 g/mol. The second-order valence-electron chi connectivity index (χ2n) is 11.5. The summed E-state index contributed by atoms with van der Waals surface area (Å²) >= 11 is 0. The van der Waals surface area contributed by atoms with Crippen LogP contribution in [0, 0.1) is 0 Å². The zero-order valence-electron chi connectivity index (χ0n) is 23.6. The van der Waals surface area contributed by atoms with Crippen LogP contribution >= 0.6 is 0 Å². The molecule has 33 heavy (non-hydrogen) atoms. The Labute approximate surface area is 205 Å². The van der Waals surface area contributed by atoms with Gasteiger partial charge in [0, 0.05) is 13.2 Å². The molecule has 0 aromatic carbocycles. The van der Waals surface area contributed by atoms with Crippen LogP contribution in [0.5, 0.6) is 0 Å². The maximum atomic E-state index is 11.4. The third kappa shape index (κ3) is 14.3. The van der Waals surface area contributed by atoms with E-state index in [9.17, 15) is 9.59 Å². The highest BCUT2D eigenvalue weighted by Gasteiger charge is 2.40. The second kappa shape index (κ2) is 14.6. The largest absolute Gasteiger partial charge is 0.479 e. The van der Waals surface area contributed by atoms with E-state index in [1.54, 1.807) is 20.8 Å². The first kappa shape index (κ1) is 34.4. The quantitative estimate of drug-likeness (QED) is 0.321. The first-order valence-electron chi connectivity index (χ1n) is 12.0. The van der Waals surface area contributed by atoms with Crippen molar-refractivity contribution < 1.29 is 33.0 Å². The van der Waals surface area contributed by atoms with Gasteiger partial charge in [-0.1, -0.05) is 41.5 Å². The fourth-order valence-electron chi connectivity index (χ4n) is 2.11. The van der Waals surface area contributed by atoms with Gasteiger partial charge in [-0.2, -0.15) is 0 Å². The lowest BCUT2D eigenvalue weighted by Crippen LogP contribution is -2.45. The van der Waals surface area contributed by atoms with E-state index in [0.717, 1.165) is 13.2 Å². The molecule has 0 bridgehead atoms. The van der Waals surface area contributed by atoms with Gasteiger partial charge < -0.3 is 23.4 Å². The van der Waals surface area contributed by atoms with E-state index in [0.29, 0.717) is 6.61 Å². The summed E-state index contributed by atoms with van der Waals surface area (Å²) in [5, 5.41) is 8.89. The average molecular weight is 509 g/mol. The first-order valence-corrected chi connectivity index (χ1v) is 17.8. The molecule has 9 heteroatoms. The number of hydrogen-bond acceptors (Lipinski definition) is 6. The van der Waals surface area contributed by atoms with Crippen molar-refractivity contribution in [2.45, 2.75) is 124 Å². The molecule has 1 aliphatic heterocycles. The summed E-state index contributed by atoms with van der Waals surface area (Å²) in [5.74, 6) is -1.15. The van der Waals surface area contributed by atoms with Gasteiger partial charge in [0.25, 0.3) is 0 Å². The maximum Gasteiger partial charge on any atom is 0.333 e. The molecule has 7 nitrogen and oxygen atoms in total. The van der Waals surface area contributed by atoms with Crippen molar-refractivity contribution in [1.82, 2.24) is 0 Å². The average Bonchev–Trinajstić information content (AvgIpc) is 3.19. The number of aliphatic carboxylic acids is 1. The molecule has 0 spiro atoms. The number of carboxylic acid groups (broad SMARTS) is 1. The van der Waals surface area contributed by atoms with E-state index in [1.807, 2.05) is 13.1 Å². The predicted molar refractivity (Wildman–Crippen MR) is 140 cm³/mol.